The molecule has 0 unspecified atom stereocenters. The van der Waals surface area contributed by atoms with Crippen LogP contribution in [0.4, 0.5) is 4.39 Å². The van der Waals surface area contributed by atoms with Gasteiger partial charge >= 0.3 is 0 Å². The van der Waals surface area contributed by atoms with Crippen LogP contribution >= 0.6 is 0 Å². The number of hydrogen-bond donors (Lipinski definition) is 1. The van der Waals surface area contributed by atoms with Crippen molar-refractivity contribution in [3.05, 3.63) is 35.6 Å². The molecule has 3 heteroatoms. The van der Waals surface area contributed by atoms with E-state index in [1.54, 1.807) is 0 Å². The van der Waals surface area contributed by atoms with Crippen molar-refractivity contribution >= 4 is 5.91 Å². The van der Waals surface area contributed by atoms with Gasteiger partial charge in [0.2, 0.25) is 0 Å². The molecule has 1 saturated carbocycles. The monoisotopic (exact) mass is 235 g/mol. The Balaban J connectivity index is 1.98. The van der Waals surface area contributed by atoms with Crippen LogP contribution in [0.5, 0.6) is 0 Å². The summed E-state index contributed by atoms with van der Waals surface area (Å²) in [7, 11) is 0. The standard InChI is InChI=1S/C14H18FNO/c1-10-4-2-3-5-13(10)16-14(17)11-6-8-12(15)9-7-11/h6-10,13H,2-5H2,1H3,(H,16,17)/t10-,13-/m1/s1. The highest BCUT2D eigenvalue weighted by atomic mass is 19.1. The first kappa shape index (κ1) is 12.1. The summed E-state index contributed by atoms with van der Waals surface area (Å²) in [5.74, 6) is 0.129. The van der Waals surface area contributed by atoms with Crippen LogP contribution in [0.3, 0.4) is 0 Å². The largest absolute Gasteiger partial charge is 0.349 e. The first-order valence-corrected chi connectivity index (χ1v) is 6.23. The van der Waals surface area contributed by atoms with E-state index in [0.717, 1.165) is 6.42 Å². The number of nitrogens with one attached hydrogen (secondary N) is 1. The molecule has 2 nitrogen and oxygen atoms in total. The van der Waals surface area contributed by atoms with Gasteiger partial charge in [0.05, 0.1) is 0 Å². The van der Waals surface area contributed by atoms with E-state index in [2.05, 4.69) is 12.2 Å². The summed E-state index contributed by atoms with van der Waals surface area (Å²) in [6.07, 6.45) is 4.66. The summed E-state index contributed by atoms with van der Waals surface area (Å²) in [4.78, 5) is 11.9. The van der Waals surface area contributed by atoms with Gasteiger partial charge < -0.3 is 5.32 Å². The number of hydrogen-bond acceptors (Lipinski definition) is 1. The molecule has 0 heterocycles. The third kappa shape index (κ3) is 3.05. The topological polar surface area (TPSA) is 29.1 Å². The second-order valence-electron chi connectivity index (χ2n) is 4.85. The Kier molecular flexibility index (Phi) is 3.77. The number of halogens is 1. The van der Waals surface area contributed by atoms with E-state index in [-0.39, 0.29) is 17.8 Å². The lowest BCUT2D eigenvalue weighted by molar-refractivity contribution is 0.0910. The maximum atomic E-state index is 12.7. The van der Waals surface area contributed by atoms with Crippen molar-refractivity contribution in [3.8, 4) is 0 Å². The molecule has 17 heavy (non-hydrogen) atoms. The van der Waals surface area contributed by atoms with Crippen LogP contribution in [-0.4, -0.2) is 11.9 Å². The molecule has 0 spiro atoms. The van der Waals surface area contributed by atoms with Crippen molar-refractivity contribution in [2.45, 2.75) is 38.6 Å². The molecule has 0 aromatic heterocycles. The molecule has 92 valence electrons. The molecule has 1 fully saturated rings. The van der Waals surface area contributed by atoms with Crippen molar-refractivity contribution < 1.29 is 9.18 Å². The quantitative estimate of drug-likeness (QED) is 0.838. The average Bonchev–Trinajstić information content (AvgIpc) is 2.33. The van der Waals surface area contributed by atoms with Gasteiger partial charge in [0, 0.05) is 11.6 Å². The second kappa shape index (κ2) is 5.30. The molecule has 1 N–H and O–H groups in total. The minimum Gasteiger partial charge on any atom is -0.349 e. The van der Waals surface area contributed by atoms with E-state index in [1.807, 2.05) is 0 Å². The Morgan fingerprint density at radius 2 is 1.88 bits per heavy atom. The molecule has 1 amide bonds. The zero-order valence-corrected chi connectivity index (χ0v) is 10.1. The zero-order chi connectivity index (χ0) is 12.3. The summed E-state index contributed by atoms with van der Waals surface area (Å²) in [6, 6.07) is 5.95. The fourth-order valence-electron chi connectivity index (χ4n) is 2.38. The van der Waals surface area contributed by atoms with E-state index in [0.29, 0.717) is 11.5 Å². The summed E-state index contributed by atoms with van der Waals surface area (Å²) in [5, 5.41) is 3.04. The smallest absolute Gasteiger partial charge is 0.251 e. The Morgan fingerprint density at radius 1 is 1.24 bits per heavy atom. The summed E-state index contributed by atoms with van der Waals surface area (Å²) >= 11 is 0. The Bertz CT molecular complexity index is 388. The van der Waals surface area contributed by atoms with E-state index in [1.165, 1.54) is 43.5 Å². The van der Waals surface area contributed by atoms with E-state index < -0.39 is 0 Å². The van der Waals surface area contributed by atoms with Gasteiger partial charge in [0.15, 0.2) is 0 Å². The molecule has 1 aromatic carbocycles. The highest BCUT2D eigenvalue weighted by Crippen LogP contribution is 2.23. The molecule has 1 aromatic rings. The maximum Gasteiger partial charge on any atom is 0.251 e. The third-order valence-electron chi connectivity index (χ3n) is 3.53. The highest BCUT2D eigenvalue weighted by molar-refractivity contribution is 5.94. The summed E-state index contributed by atoms with van der Waals surface area (Å²) < 4.78 is 12.7. The van der Waals surface area contributed by atoms with Crippen LogP contribution in [0.1, 0.15) is 43.0 Å². The fourth-order valence-corrected chi connectivity index (χ4v) is 2.38. The first-order valence-electron chi connectivity index (χ1n) is 6.23. The molecule has 1 aliphatic carbocycles. The van der Waals surface area contributed by atoms with Crippen LogP contribution in [-0.2, 0) is 0 Å². The molecule has 1 aliphatic rings. The molecule has 0 bridgehead atoms. The third-order valence-corrected chi connectivity index (χ3v) is 3.53. The summed E-state index contributed by atoms with van der Waals surface area (Å²) in [5.41, 5.74) is 0.532. The number of rotatable bonds is 2. The van der Waals surface area contributed by atoms with Gasteiger partial charge in [-0.25, -0.2) is 4.39 Å². The van der Waals surface area contributed by atoms with Gasteiger partial charge in [0.25, 0.3) is 5.91 Å². The Morgan fingerprint density at radius 3 is 2.53 bits per heavy atom. The van der Waals surface area contributed by atoms with Gasteiger partial charge in [0.1, 0.15) is 5.82 Å². The van der Waals surface area contributed by atoms with Crippen molar-refractivity contribution in [2.75, 3.05) is 0 Å². The SMILES string of the molecule is C[C@@H]1CCCC[C@H]1NC(=O)c1ccc(F)cc1. The maximum absolute atomic E-state index is 12.7. The summed E-state index contributed by atoms with van der Waals surface area (Å²) in [6.45, 7) is 2.18. The van der Waals surface area contributed by atoms with Crippen molar-refractivity contribution in [1.29, 1.82) is 0 Å². The predicted molar refractivity (Wildman–Crippen MR) is 65.3 cm³/mol. The van der Waals surface area contributed by atoms with Crippen LogP contribution in [0.2, 0.25) is 0 Å². The predicted octanol–water partition coefficient (Wildman–Crippen LogP) is 3.13. The van der Waals surface area contributed by atoms with Gasteiger partial charge in [-0.15, -0.1) is 0 Å². The molecule has 0 aliphatic heterocycles. The molecule has 2 atom stereocenters. The van der Waals surface area contributed by atoms with Crippen molar-refractivity contribution in [1.82, 2.24) is 5.32 Å². The zero-order valence-electron chi connectivity index (χ0n) is 10.1. The van der Waals surface area contributed by atoms with E-state index in [4.69, 9.17) is 0 Å². The highest BCUT2D eigenvalue weighted by Gasteiger charge is 2.23. The minimum absolute atomic E-state index is 0.0937. The van der Waals surface area contributed by atoms with E-state index >= 15 is 0 Å². The normalized spacial score (nSPS) is 24.4. The van der Waals surface area contributed by atoms with Gasteiger partial charge in [-0.2, -0.15) is 0 Å². The molecular weight excluding hydrogens is 217 g/mol. The second-order valence-corrected chi connectivity index (χ2v) is 4.85. The average molecular weight is 235 g/mol. The molecular formula is C14H18FNO. The number of benzene rings is 1. The van der Waals surface area contributed by atoms with Crippen molar-refractivity contribution in [2.24, 2.45) is 5.92 Å². The molecule has 0 radical (unpaired) electrons. The van der Waals surface area contributed by atoms with Crippen molar-refractivity contribution in [3.63, 3.8) is 0 Å². The van der Waals surface area contributed by atoms with Crippen LogP contribution in [0.25, 0.3) is 0 Å². The van der Waals surface area contributed by atoms with E-state index in [9.17, 15) is 9.18 Å². The lowest BCUT2D eigenvalue weighted by atomic mass is 9.86. The lowest BCUT2D eigenvalue weighted by Crippen LogP contribution is -2.41. The fraction of sp³-hybridized carbons (Fsp3) is 0.500. The van der Waals surface area contributed by atoms with Crippen LogP contribution in [0.15, 0.2) is 24.3 Å². The molecule has 2 rings (SSSR count). The van der Waals surface area contributed by atoms with Gasteiger partial charge in [-0.3, -0.25) is 4.79 Å². The van der Waals surface area contributed by atoms with Gasteiger partial charge in [-0.1, -0.05) is 19.8 Å². The van der Waals surface area contributed by atoms with Crippen LogP contribution in [0, 0.1) is 11.7 Å². The molecule has 0 saturated heterocycles. The lowest BCUT2D eigenvalue weighted by Gasteiger charge is -2.29. The van der Waals surface area contributed by atoms with Crippen LogP contribution < -0.4 is 5.32 Å². The number of amides is 1. The number of carbonyl (C=O) groups excluding carboxylic acids is 1. The van der Waals surface area contributed by atoms with Gasteiger partial charge in [-0.05, 0) is 43.0 Å². The minimum atomic E-state index is -0.312. The Hall–Kier alpha value is -1.38. The Labute approximate surface area is 101 Å². The number of carbonyl (C=O) groups is 1. The first-order chi connectivity index (χ1) is 8.16.